The maximum absolute atomic E-state index is 13.6. The minimum Gasteiger partial charge on any atom is -0.443 e. The van der Waals surface area contributed by atoms with E-state index >= 15 is 0 Å². The van der Waals surface area contributed by atoms with E-state index in [0.29, 0.717) is 55.8 Å². The van der Waals surface area contributed by atoms with E-state index in [4.69, 9.17) is 4.42 Å². The fourth-order valence-electron chi connectivity index (χ4n) is 6.09. The number of rotatable bonds is 4. The van der Waals surface area contributed by atoms with Crippen molar-refractivity contribution >= 4 is 35.0 Å². The molecule has 0 unspecified atom stereocenters. The van der Waals surface area contributed by atoms with Gasteiger partial charge >= 0.3 is 0 Å². The number of amides is 4. The first-order valence-corrected chi connectivity index (χ1v) is 17.3. The second-order valence-electron chi connectivity index (χ2n) is 12.7. The molecule has 2 aliphatic rings. The van der Waals surface area contributed by atoms with Gasteiger partial charge < -0.3 is 30.4 Å². The van der Waals surface area contributed by atoms with E-state index < -0.39 is 18.0 Å². The Morgan fingerprint density at radius 1 is 1.04 bits per heavy atom. The van der Waals surface area contributed by atoms with Gasteiger partial charge in [-0.05, 0) is 50.5 Å². The van der Waals surface area contributed by atoms with Crippen LogP contribution in [0.3, 0.4) is 0 Å². The van der Waals surface area contributed by atoms with E-state index in [-0.39, 0.29) is 72.5 Å². The molecule has 4 bridgehead atoms. The lowest BCUT2D eigenvalue weighted by atomic mass is 9.86. The van der Waals surface area contributed by atoms with Gasteiger partial charge in [-0.1, -0.05) is 44.2 Å². The molecule has 1 fully saturated rings. The van der Waals surface area contributed by atoms with Crippen LogP contribution in [0.4, 0.5) is 0 Å². The van der Waals surface area contributed by atoms with Gasteiger partial charge in [0.1, 0.15) is 22.5 Å². The minimum absolute atomic E-state index is 0.0232. The molecule has 3 aromatic rings. The van der Waals surface area contributed by atoms with Gasteiger partial charge in [0, 0.05) is 43.8 Å². The van der Waals surface area contributed by atoms with Crippen molar-refractivity contribution in [3.63, 3.8) is 0 Å². The molecule has 47 heavy (non-hydrogen) atoms. The van der Waals surface area contributed by atoms with Crippen molar-refractivity contribution in [3.8, 4) is 0 Å². The SMILES string of the molecule is Cc1oc2nc1C(=O)N[C@@H](C(C)C)c1nc(cs1)C(=O)NCCN(C(=O)C1CCC(O)CC1)CCCC(=O)N[C@H]2Cc1ccccc1. The molecule has 3 heterocycles. The quantitative estimate of drug-likeness (QED) is 0.326. The van der Waals surface area contributed by atoms with Gasteiger partial charge in [-0.2, -0.15) is 0 Å². The number of fused-ring (bicyclic) bond motifs is 4. The average Bonchev–Trinajstić information content (AvgIpc) is 3.70. The molecule has 1 saturated carbocycles. The normalized spacial score (nSPS) is 23.5. The highest BCUT2D eigenvalue weighted by molar-refractivity contribution is 7.09. The molecule has 252 valence electrons. The van der Waals surface area contributed by atoms with E-state index in [1.165, 1.54) is 11.3 Å². The molecule has 1 aliphatic carbocycles. The largest absolute Gasteiger partial charge is 0.443 e. The molecule has 12 nitrogen and oxygen atoms in total. The number of nitrogens with zero attached hydrogens (tertiary/aromatic N) is 3. The predicted molar refractivity (Wildman–Crippen MR) is 176 cm³/mol. The Balaban J connectivity index is 1.42. The van der Waals surface area contributed by atoms with Crippen LogP contribution in [0.2, 0.25) is 0 Å². The Morgan fingerprint density at radius 2 is 1.79 bits per heavy atom. The average molecular weight is 665 g/mol. The van der Waals surface area contributed by atoms with Gasteiger partial charge in [0.2, 0.25) is 17.7 Å². The Kier molecular flexibility index (Phi) is 11.4. The van der Waals surface area contributed by atoms with Gasteiger partial charge in [0.15, 0.2) is 5.69 Å². The van der Waals surface area contributed by atoms with Crippen LogP contribution in [0.15, 0.2) is 40.1 Å². The molecule has 1 aromatic carbocycles. The Morgan fingerprint density at radius 3 is 2.51 bits per heavy atom. The van der Waals surface area contributed by atoms with Gasteiger partial charge in [-0.15, -0.1) is 11.3 Å². The third kappa shape index (κ3) is 8.83. The lowest BCUT2D eigenvalue weighted by Crippen LogP contribution is -2.43. The Bertz CT molecular complexity index is 1550. The highest BCUT2D eigenvalue weighted by atomic mass is 32.1. The van der Waals surface area contributed by atoms with E-state index in [0.717, 1.165) is 5.56 Å². The summed E-state index contributed by atoms with van der Waals surface area (Å²) in [6.07, 6.45) is 2.96. The fraction of sp³-hybridized carbons (Fsp3) is 0.529. The molecule has 0 spiro atoms. The van der Waals surface area contributed by atoms with E-state index in [2.05, 4.69) is 25.9 Å². The van der Waals surface area contributed by atoms with Gasteiger partial charge in [0.25, 0.3) is 11.8 Å². The number of aromatic nitrogens is 2. The number of carbonyl (C=O) groups excluding carboxylic acids is 4. The molecule has 1 aliphatic heterocycles. The monoisotopic (exact) mass is 664 g/mol. The summed E-state index contributed by atoms with van der Waals surface area (Å²) >= 11 is 1.29. The molecule has 4 N–H and O–H groups in total. The molecule has 13 heteroatoms. The number of hydrogen-bond acceptors (Lipinski definition) is 9. The summed E-state index contributed by atoms with van der Waals surface area (Å²) in [7, 11) is 0. The van der Waals surface area contributed by atoms with Crippen molar-refractivity contribution in [2.75, 3.05) is 19.6 Å². The van der Waals surface area contributed by atoms with Crippen molar-refractivity contribution in [3.05, 3.63) is 69.3 Å². The highest BCUT2D eigenvalue weighted by Gasteiger charge is 2.31. The number of thiazole rings is 1. The zero-order chi connectivity index (χ0) is 33.5. The van der Waals surface area contributed by atoms with Crippen molar-refractivity contribution in [1.82, 2.24) is 30.8 Å². The number of carbonyl (C=O) groups is 4. The molecule has 5 rings (SSSR count). The number of aryl methyl sites for hydroxylation is 1. The summed E-state index contributed by atoms with van der Waals surface area (Å²) in [4.78, 5) is 64.3. The maximum Gasteiger partial charge on any atom is 0.274 e. The fourth-order valence-corrected chi connectivity index (χ4v) is 7.11. The lowest BCUT2D eigenvalue weighted by Gasteiger charge is -2.31. The Labute approximate surface area is 278 Å². The lowest BCUT2D eigenvalue weighted by molar-refractivity contribution is -0.137. The zero-order valence-electron chi connectivity index (χ0n) is 27.2. The topological polar surface area (TPSA) is 167 Å². The van der Waals surface area contributed by atoms with Crippen LogP contribution in [0.25, 0.3) is 0 Å². The third-order valence-corrected chi connectivity index (χ3v) is 9.70. The smallest absolute Gasteiger partial charge is 0.274 e. The van der Waals surface area contributed by atoms with Crippen LogP contribution in [0.5, 0.6) is 0 Å². The molecular formula is C34H44N6O6S. The van der Waals surface area contributed by atoms with Gasteiger partial charge in [-0.25, -0.2) is 9.97 Å². The first-order valence-electron chi connectivity index (χ1n) is 16.4. The van der Waals surface area contributed by atoms with E-state index in [1.807, 2.05) is 44.2 Å². The van der Waals surface area contributed by atoms with Crippen molar-refractivity contribution in [2.24, 2.45) is 11.8 Å². The molecule has 2 aromatic heterocycles. The molecule has 2 atom stereocenters. The van der Waals surface area contributed by atoms with Gasteiger partial charge in [0.05, 0.1) is 12.1 Å². The summed E-state index contributed by atoms with van der Waals surface area (Å²) in [5.74, 6) is -0.760. The third-order valence-electron chi connectivity index (χ3n) is 8.77. The van der Waals surface area contributed by atoms with Crippen molar-refractivity contribution in [1.29, 1.82) is 0 Å². The van der Waals surface area contributed by atoms with Crippen LogP contribution in [0, 0.1) is 18.8 Å². The first kappa shape index (κ1) is 34.2. The number of nitrogens with one attached hydrogen (secondary N) is 3. The van der Waals surface area contributed by atoms with Crippen molar-refractivity contribution < 1.29 is 28.7 Å². The van der Waals surface area contributed by atoms with Gasteiger partial charge in [-0.3, -0.25) is 19.2 Å². The number of aliphatic hydroxyl groups excluding tert-OH is 1. The van der Waals surface area contributed by atoms with Crippen LogP contribution >= 0.6 is 11.3 Å². The first-order chi connectivity index (χ1) is 22.6. The molecule has 0 radical (unpaired) electrons. The van der Waals surface area contributed by atoms with Crippen LogP contribution in [-0.2, 0) is 16.0 Å². The van der Waals surface area contributed by atoms with E-state index in [1.54, 1.807) is 17.2 Å². The second-order valence-corrected chi connectivity index (χ2v) is 13.6. The summed E-state index contributed by atoms with van der Waals surface area (Å²) in [6.45, 7) is 6.40. The van der Waals surface area contributed by atoms with Crippen molar-refractivity contribution in [2.45, 2.75) is 83.9 Å². The predicted octanol–water partition coefficient (Wildman–Crippen LogP) is 3.87. The van der Waals surface area contributed by atoms with Crippen LogP contribution < -0.4 is 16.0 Å². The summed E-state index contributed by atoms with van der Waals surface area (Å²) in [5, 5.41) is 21.1. The summed E-state index contributed by atoms with van der Waals surface area (Å²) in [6, 6.07) is 8.54. The second kappa shape index (κ2) is 15.7. The molecular weight excluding hydrogens is 620 g/mol. The number of hydrogen-bond donors (Lipinski definition) is 4. The Hall–Kier alpha value is -4.10. The number of aliphatic hydroxyl groups is 1. The maximum atomic E-state index is 13.6. The summed E-state index contributed by atoms with van der Waals surface area (Å²) < 4.78 is 6.01. The molecule has 4 amide bonds. The molecule has 0 saturated heterocycles. The number of benzene rings is 1. The number of oxazole rings is 1. The minimum atomic E-state index is -0.625. The highest BCUT2D eigenvalue weighted by Crippen LogP contribution is 2.28. The zero-order valence-corrected chi connectivity index (χ0v) is 28.0. The standard InChI is InChI=1S/C34H44N6O6S/c1-20(2)28-33-37-26(19-47-33)30(43)35-15-17-40(34(45)23-11-13-24(41)14-12-23)16-7-10-27(42)36-25(18-22-8-5-4-6-9-22)32-39-29(21(3)46-32)31(44)38-28/h4-6,8-9,19-20,23-25,28,41H,7,10-18H2,1-3H3,(H,35,43)(H,36,42)(H,38,44)/t23?,24?,25-,28-/m0/s1. The van der Waals surface area contributed by atoms with Crippen LogP contribution in [0.1, 0.15) is 108 Å². The van der Waals surface area contributed by atoms with Crippen LogP contribution in [-0.4, -0.2) is 69.3 Å². The van der Waals surface area contributed by atoms with E-state index in [9.17, 15) is 24.3 Å². The summed E-state index contributed by atoms with van der Waals surface area (Å²) in [5.41, 5.74) is 1.31.